The minimum absolute atomic E-state index is 0.00975. The van der Waals surface area contributed by atoms with Gasteiger partial charge in [0.2, 0.25) is 0 Å². The van der Waals surface area contributed by atoms with Gasteiger partial charge in [-0.05, 0) is 42.8 Å². The van der Waals surface area contributed by atoms with Crippen LogP contribution in [0, 0.1) is 0 Å². The number of carbonyl (C=O) groups excluding carboxylic acids is 1. The van der Waals surface area contributed by atoms with Crippen molar-refractivity contribution in [3.8, 4) is 5.75 Å². The molecule has 0 atom stereocenters. The van der Waals surface area contributed by atoms with E-state index < -0.39 is 0 Å². The van der Waals surface area contributed by atoms with Crippen LogP contribution in [-0.4, -0.2) is 24.3 Å². The van der Waals surface area contributed by atoms with Gasteiger partial charge < -0.3 is 9.76 Å². The summed E-state index contributed by atoms with van der Waals surface area (Å²) < 4.78 is 5.30. The second-order valence-electron chi connectivity index (χ2n) is 3.91. The predicted molar refractivity (Wildman–Crippen MR) is 58.7 cm³/mol. The van der Waals surface area contributed by atoms with E-state index in [1.165, 1.54) is 6.92 Å². The Balaban J connectivity index is 2.12. The molecule has 78 valence electrons. The van der Waals surface area contributed by atoms with Crippen LogP contribution in [0.25, 0.3) is 0 Å². The lowest BCUT2D eigenvalue weighted by molar-refractivity contribution is -0.118. The normalized spacial score (nSPS) is 13.9. The topological polar surface area (TPSA) is 46.5 Å². The molecule has 1 aromatic carbocycles. The average Bonchev–Trinajstić information content (AvgIpc) is 2.57. The van der Waals surface area contributed by atoms with Gasteiger partial charge in [-0.25, -0.2) is 0 Å². The van der Waals surface area contributed by atoms with E-state index in [1.54, 1.807) is 6.07 Å². The molecule has 1 heterocycles. The molecule has 0 radical (unpaired) electrons. The van der Waals surface area contributed by atoms with Crippen molar-refractivity contribution in [2.45, 2.75) is 19.7 Å². The zero-order valence-electron chi connectivity index (χ0n) is 8.69. The molecule has 0 saturated heterocycles. The molecule has 0 fully saturated rings. The summed E-state index contributed by atoms with van der Waals surface area (Å²) in [7, 11) is 0. The third kappa shape index (κ3) is 2.21. The summed E-state index contributed by atoms with van der Waals surface area (Å²) in [5.41, 5.74) is 2.12. The fourth-order valence-electron chi connectivity index (χ4n) is 1.85. The number of hydrogen-bond acceptors (Lipinski definition) is 3. The third-order valence-corrected chi connectivity index (χ3v) is 2.60. The Morgan fingerprint density at radius 1 is 1.60 bits per heavy atom. The highest BCUT2D eigenvalue weighted by Crippen LogP contribution is 2.19. The summed E-state index contributed by atoms with van der Waals surface area (Å²) in [5, 5.41) is 9.60. The summed E-state index contributed by atoms with van der Waals surface area (Å²) in [4.78, 5) is 10.7. The minimum atomic E-state index is -0.332. The number of benzene rings is 1. The Bertz CT molecular complexity index is 389. The van der Waals surface area contributed by atoms with Gasteiger partial charge in [-0.1, -0.05) is 6.07 Å². The fourth-order valence-corrected chi connectivity index (χ4v) is 1.85. The monoisotopic (exact) mass is 204 g/mol. The summed E-state index contributed by atoms with van der Waals surface area (Å²) in [6, 6.07) is 5.59. The Morgan fingerprint density at radius 2 is 2.40 bits per heavy atom. The van der Waals surface area contributed by atoms with Gasteiger partial charge >= 0.3 is 6.92 Å². The zero-order valence-corrected chi connectivity index (χ0v) is 8.69. The summed E-state index contributed by atoms with van der Waals surface area (Å²) in [6.07, 6.45) is 1.67. The van der Waals surface area contributed by atoms with Crippen LogP contribution in [-0.2, 0) is 11.2 Å². The van der Waals surface area contributed by atoms with Gasteiger partial charge in [-0.2, -0.15) is 0 Å². The van der Waals surface area contributed by atoms with E-state index in [0.717, 1.165) is 23.8 Å². The molecule has 1 N–H and O–H groups in total. The molecule has 4 heteroatoms. The summed E-state index contributed by atoms with van der Waals surface area (Å²) >= 11 is 0. The maximum absolute atomic E-state index is 10.7. The first-order valence-electron chi connectivity index (χ1n) is 5.10. The van der Waals surface area contributed by atoms with Gasteiger partial charge in [-0.3, -0.25) is 4.79 Å². The zero-order chi connectivity index (χ0) is 10.8. The number of hydrogen-bond donors (Lipinski definition) is 1. The van der Waals surface area contributed by atoms with Crippen LogP contribution >= 0.6 is 0 Å². The van der Waals surface area contributed by atoms with Crippen LogP contribution in [0.5, 0.6) is 5.75 Å². The van der Waals surface area contributed by atoms with Crippen molar-refractivity contribution in [3.63, 3.8) is 0 Å². The van der Waals surface area contributed by atoms with Crippen molar-refractivity contribution in [3.05, 3.63) is 23.8 Å². The molecule has 0 bridgehead atoms. The predicted octanol–water partition coefficient (Wildman–Crippen LogP) is 0.401. The van der Waals surface area contributed by atoms with Gasteiger partial charge in [0, 0.05) is 0 Å². The second-order valence-corrected chi connectivity index (χ2v) is 3.91. The van der Waals surface area contributed by atoms with E-state index >= 15 is 0 Å². The van der Waals surface area contributed by atoms with Crippen LogP contribution in [0.15, 0.2) is 18.2 Å². The van der Waals surface area contributed by atoms with E-state index in [-0.39, 0.29) is 19.3 Å². The van der Waals surface area contributed by atoms with Gasteiger partial charge in [0.15, 0.2) is 5.78 Å². The molecule has 1 aliphatic heterocycles. The number of fused-ring (bicyclic) bond motifs is 1. The SMILES string of the molecule is CC(=O)COc1ccc2c(c1)CCB2O. The first-order chi connectivity index (χ1) is 7.16. The highest BCUT2D eigenvalue weighted by atomic mass is 16.5. The van der Waals surface area contributed by atoms with Crippen molar-refractivity contribution in [1.29, 1.82) is 0 Å². The standard InChI is InChI=1S/C11H13BO3/c1-8(13)7-15-10-2-3-11-9(6-10)4-5-12(11)14/h2-3,6,14H,4-5,7H2,1H3. The molecule has 15 heavy (non-hydrogen) atoms. The molecule has 2 rings (SSSR count). The summed E-state index contributed by atoms with van der Waals surface area (Å²) in [6.45, 7) is 1.28. The van der Waals surface area contributed by atoms with Crippen LogP contribution in [0.4, 0.5) is 0 Å². The molecule has 0 unspecified atom stereocenters. The van der Waals surface area contributed by atoms with E-state index in [0.29, 0.717) is 5.75 Å². The Morgan fingerprint density at radius 3 is 3.13 bits per heavy atom. The number of ether oxygens (including phenoxy) is 1. The van der Waals surface area contributed by atoms with Crippen LogP contribution < -0.4 is 10.2 Å². The molecule has 0 aliphatic carbocycles. The van der Waals surface area contributed by atoms with E-state index in [1.807, 2.05) is 12.1 Å². The number of rotatable bonds is 3. The maximum atomic E-state index is 10.7. The van der Waals surface area contributed by atoms with Crippen molar-refractivity contribution < 1.29 is 14.6 Å². The average molecular weight is 204 g/mol. The molecule has 0 aromatic heterocycles. The highest BCUT2D eigenvalue weighted by Gasteiger charge is 2.24. The fraction of sp³-hybridized carbons (Fsp3) is 0.364. The third-order valence-electron chi connectivity index (χ3n) is 2.60. The Hall–Kier alpha value is -1.29. The van der Waals surface area contributed by atoms with Gasteiger partial charge in [0.25, 0.3) is 0 Å². The van der Waals surface area contributed by atoms with Crippen molar-refractivity contribution in [2.24, 2.45) is 0 Å². The quantitative estimate of drug-likeness (QED) is 0.725. The lowest BCUT2D eigenvalue weighted by Crippen LogP contribution is -2.25. The molecule has 0 spiro atoms. The first-order valence-corrected chi connectivity index (χ1v) is 5.10. The van der Waals surface area contributed by atoms with E-state index in [4.69, 9.17) is 4.74 Å². The smallest absolute Gasteiger partial charge is 0.324 e. The lowest BCUT2D eigenvalue weighted by Gasteiger charge is -2.06. The van der Waals surface area contributed by atoms with Crippen molar-refractivity contribution in [1.82, 2.24) is 0 Å². The van der Waals surface area contributed by atoms with Crippen LogP contribution in [0.2, 0.25) is 6.32 Å². The first kappa shape index (κ1) is 10.2. The molecular formula is C11H13BO3. The van der Waals surface area contributed by atoms with Gasteiger partial charge in [0.05, 0.1) is 0 Å². The van der Waals surface area contributed by atoms with Gasteiger partial charge in [-0.15, -0.1) is 0 Å². The summed E-state index contributed by atoms with van der Waals surface area (Å²) in [5.74, 6) is 0.716. The molecular weight excluding hydrogens is 191 g/mol. The van der Waals surface area contributed by atoms with Crippen LogP contribution in [0.3, 0.4) is 0 Å². The van der Waals surface area contributed by atoms with Crippen molar-refractivity contribution in [2.75, 3.05) is 6.61 Å². The lowest BCUT2D eigenvalue weighted by atomic mass is 9.63. The second kappa shape index (κ2) is 4.07. The molecule has 1 aliphatic rings. The molecule has 1 aromatic rings. The molecule has 3 nitrogen and oxygen atoms in total. The number of ketones is 1. The minimum Gasteiger partial charge on any atom is -0.486 e. The molecule has 0 saturated carbocycles. The highest BCUT2D eigenvalue weighted by molar-refractivity contribution is 6.68. The molecule has 0 amide bonds. The van der Waals surface area contributed by atoms with E-state index in [2.05, 4.69) is 0 Å². The van der Waals surface area contributed by atoms with E-state index in [9.17, 15) is 9.82 Å². The largest absolute Gasteiger partial charge is 0.486 e. The van der Waals surface area contributed by atoms with Gasteiger partial charge in [0.1, 0.15) is 12.4 Å². The Labute approximate surface area is 89.2 Å². The number of carbonyl (C=O) groups is 1. The number of aryl methyl sites for hydroxylation is 1. The number of Topliss-reactive ketones (excluding diaryl/α,β-unsaturated/α-hetero) is 1. The maximum Gasteiger partial charge on any atom is 0.324 e. The van der Waals surface area contributed by atoms with Crippen LogP contribution in [0.1, 0.15) is 12.5 Å². The Kier molecular flexibility index (Phi) is 2.78. The van der Waals surface area contributed by atoms with Crippen molar-refractivity contribution >= 4 is 18.2 Å².